The first-order valence-corrected chi connectivity index (χ1v) is 14.8. The Labute approximate surface area is 210 Å². The quantitative estimate of drug-likeness (QED) is 0.285. The molecule has 35 heavy (non-hydrogen) atoms. The number of benzene rings is 1. The van der Waals surface area contributed by atoms with Crippen molar-refractivity contribution in [3.8, 4) is 0 Å². The highest BCUT2D eigenvalue weighted by molar-refractivity contribution is 8.32. The summed E-state index contributed by atoms with van der Waals surface area (Å²) in [6.45, 7) is 7.63. The molecule has 0 unspecified atom stereocenters. The lowest BCUT2D eigenvalue weighted by atomic mass is 10.1. The van der Waals surface area contributed by atoms with Gasteiger partial charge in [0.05, 0.1) is 13.1 Å². The molecule has 1 heterocycles. The monoisotopic (exact) mass is 507 g/mol. The van der Waals surface area contributed by atoms with Crippen molar-refractivity contribution in [2.24, 2.45) is 10.2 Å². The average Bonchev–Trinajstić information content (AvgIpc) is 2.81. The fourth-order valence-electron chi connectivity index (χ4n) is 3.73. The van der Waals surface area contributed by atoms with Gasteiger partial charge in [-0.1, -0.05) is 13.8 Å². The molecule has 0 atom stereocenters. The van der Waals surface area contributed by atoms with Gasteiger partial charge in [-0.3, -0.25) is 30.2 Å². The van der Waals surface area contributed by atoms with Crippen LogP contribution in [0.25, 0.3) is 0 Å². The van der Waals surface area contributed by atoms with E-state index in [1.54, 1.807) is 0 Å². The number of hydrazone groups is 2. The summed E-state index contributed by atoms with van der Waals surface area (Å²) in [5.74, 6) is -0.236. The van der Waals surface area contributed by atoms with Crippen molar-refractivity contribution < 1.29 is 14.7 Å². The van der Waals surface area contributed by atoms with Crippen LogP contribution in [0.2, 0.25) is 0 Å². The molecule has 0 fully saturated rings. The first kappa shape index (κ1) is 28.6. The van der Waals surface area contributed by atoms with Crippen LogP contribution in [0.3, 0.4) is 0 Å². The van der Waals surface area contributed by atoms with E-state index in [9.17, 15) is 9.59 Å². The van der Waals surface area contributed by atoms with Gasteiger partial charge in [-0.15, -0.1) is 0 Å². The lowest BCUT2D eigenvalue weighted by Crippen LogP contribution is -2.42. The SMILES string of the molecule is CCCN(CCN(CCC)CC(=O)NCc1cc(C2=NNC=NN2)cc(S(C)(C)C)c1)CC(=O)O. The van der Waals surface area contributed by atoms with E-state index in [1.165, 1.54) is 11.2 Å². The van der Waals surface area contributed by atoms with Crippen LogP contribution >= 0.6 is 10.0 Å². The van der Waals surface area contributed by atoms with Gasteiger partial charge in [0.1, 0.15) is 6.34 Å². The molecule has 1 aromatic carbocycles. The fourth-order valence-corrected chi connectivity index (χ4v) is 4.71. The van der Waals surface area contributed by atoms with Gasteiger partial charge in [0.25, 0.3) is 0 Å². The van der Waals surface area contributed by atoms with Gasteiger partial charge in [-0.05, 0) is 73.4 Å². The number of carboxylic acid groups (broad SMARTS) is 1. The molecule has 0 radical (unpaired) electrons. The van der Waals surface area contributed by atoms with Crippen LogP contribution in [0.5, 0.6) is 0 Å². The number of aliphatic carboxylic acids is 1. The molecular weight excluding hydrogens is 466 g/mol. The Balaban J connectivity index is 2.02. The Morgan fingerprint density at radius 1 is 1.00 bits per heavy atom. The van der Waals surface area contributed by atoms with E-state index < -0.39 is 16.0 Å². The van der Waals surface area contributed by atoms with Crippen LogP contribution in [0, 0.1) is 0 Å². The summed E-state index contributed by atoms with van der Waals surface area (Å²) in [5, 5.41) is 20.5. The van der Waals surface area contributed by atoms with Gasteiger partial charge < -0.3 is 10.4 Å². The van der Waals surface area contributed by atoms with E-state index in [0.717, 1.165) is 37.1 Å². The number of amidine groups is 1. The summed E-state index contributed by atoms with van der Waals surface area (Å²) in [6, 6.07) is 6.29. The van der Waals surface area contributed by atoms with Crippen molar-refractivity contribution >= 4 is 34.1 Å². The zero-order valence-corrected chi connectivity index (χ0v) is 22.5. The summed E-state index contributed by atoms with van der Waals surface area (Å²) in [5.41, 5.74) is 7.61. The highest BCUT2D eigenvalue weighted by Crippen LogP contribution is 2.45. The van der Waals surface area contributed by atoms with Crippen molar-refractivity contribution in [3.05, 3.63) is 29.3 Å². The summed E-state index contributed by atoms with van der Waals surface area (Å²) in [6.07, 6.45) is 9.99. The summed E-state index contributed by atoms with van der Waals surface area (Å²) < 4.78 is 0. The molecule has 11 heteroatoms. The van der Waals surface area contributed by atoms with Gasteiger partial charge in [-0.2, -0.15) is 10.2 Å². The molecule has 0 bridgehead atoms. The van der Waals surface area contributed by atoms with E-state index in [0.29, 0.717) is 25.5 Å². The number of hydrogen-bond donors (Lipinski definition) is 4. The molecule has 0 spiro atoms. The van der Waals surface area contributed by atoms with Crippen molar-refractivity contribution in [1.29, 1.82) is 0 Å². The van der Waals surface area contributed by atoms with Gasteiger partial charge in [-0.25, -0.2) is 10.0 Å². The van der Waals surface area contributed by atoms with E-state index in [1.807, 2.05) is 17.9 Å². The number of amides is 1. The Kier molecular flexibility index (Phi) is 11.5. The Bertz CT molecular complexity index is 915. The topological polar surface area (TPSA) is 122 Å². The number of carbonyl (C=O) groups excluding carboxylic acids is 1. The van der Waals surface area contributed by atoms with E-state index in [2.05, 4.69) is 69.1 Å². The fraction of sp³-hybridized carbons (Fsp3) is 0.583. The molecule has 0 saturated carbocycles. The summed E-state index contributed by atoms with van der Waals surface area (Å²) >= 11 is 0. The van der Waals surface area contributed by atoms with Crippen LogP contribution in [0.1, 0.15) is 37.8 Å². The average molecular weight is 508 g/mol. The zero-order valence-electron chi connectivity index (χ0n) is 21.6. The third-order valence-corrected chi connectivity index (χ3v) is 7.09. The molecule has 0 saturated heterocycles. The molecule has 1 aliphatic heterocycles. The Morgan fingerprint density at radius 3 is 2.20 bits per heavy atom. The third kappa shape index (κ3) is 10.3. The molecule has 4 N–H and O–H groups in total. The molecule has 0 aromatic heterocycles. The van der Waals surface area contributed by atoms with Gasteiger partial charge >= 0.3 is 5.97 Å². The molecule has 196 valence electrons. The van der Waals surface area contributed by atoms with Crippen molar-refractivity contribution in [1.82, 2.24) is 26.0 Å². The normalized spacial score (nSPS) is 13.9. The van der Waals surface area contributed by atoms with Crippen molar-refractivity contribution in [2.75, 3.05) is 58.0 Å². The van der Waals surface area contributed by atoms with Gasteiger partial charge in [0.2, 0.25) is 5.91 Å². The number of rotatable bonds is 15. The second-order valence-corrected chi connectivity index (χ2v) is 13.5. The van der Waals surface area contributed by atoms with E-state index in [4.69, 9.17) is 5.11 Å². The number of nitrogens with zero attached hydrogens (tertiary/aromatic N) is 4. The highest BCUT2D eigenvalue weighted by atomic mass is 32.3. The maximum Gasteiger partial charge on any atom is 0.317 e. The molecule has 10 nitrogen and oxygen atoms in total. The van der Waals surface area contributed by atoms with E-state index >= 15 is 0 Å². The zero-order chi connectivity index (χ0) is 25.8. The predicted octanol–water partition coefficient (Wildman–Crippen LogP) is 1.66. The number of carboxylic acids is 1. The second-order valence-electron chi connectivity index (χ2n) is 9.39. The molecule has 1 aromatic rings. The van der Waals surface area contributed by atoms with Crippen molar-refractivity contribution in [2.45, 2.75) is 38.1 Å². The second kappa shape index (κ2) is 14.1. The van der Waals surface area contributed by atoms with Crippen LogP contribution in [-0.4, -0.2) is 97.0 Å². The maximum atomic E-state index is 12.8. The van der Waals surface area contributed by atoms with Crippen LogP contribution in [0.4, 0.5) is 0 Å². The summed E-state index contributed by atoms with van der Waals surface area (Å²) in [7, 11) is -0.989. The molecular formula is C24H41N7O3S. The first-order chi connectivity index (χ1) is 16.6. The molecule has 1 amide bonds. The highest BCUT2D eigenvalue weighted by Gasteiger charge is 2.16. The third-order valence-electron chi connectivity index (χ3n) is 5.44. The molecule has 0 aliphatic carbocycles. The summed E-state index contributed by atoms with van der Waals surface area (Å²) in [4.78, 5) is 29.2. The van der Waals surface area contributed by atoms with E-state index in [-0.39, 0.29) is 19.0 Å². The largest absolute Gasteiger partial charge is 0.480 e. The minimum absolute atomic E-state index is 0.0232. The minimum atomic E-state index is -0.989. The predicted molar refractivity (Wildman–Crippen MR) is 144 cm³/mol. The van der Waals surface area contributed by atoms with Crippen LogP contribution in [-0.2, 0) is 16.1 Å². The maximum absolute atomic E-state index is 12.8. The number of nitrogens with one attached hydrogen (secondary N) is 3. The van der Waals surface area contributed by atoms with Gasteiger partial charge in [0, 0.05) is 25.2 Å². The molecule has 1 aliphatic rings. The number of hydrogen-bond acceptors (Lipinski definition) is 8. The first-order valence-electron chi connectivity index (χ1n) is 12.0. The Morgan fingerprint density at radius 2 is 1.66 bits per heavy atom. The number of carbonyl (C=O) groups is 2. The smallest absolute Gasteiger partial charge is 0.317 e. The van der Waals surface area contributed by atoms with Crippen LogP contribution < -0.4 is 16.2 Å². The molecule has 2 rings (SSSR count). The van der Waals surface area contributed by atoms with Gasteiger partial charge in [0.15, 0.2) is 5.84 Å². The minimum Gasteiger partial charge on any atom is -0.480 e. The lowest BCUT2D eigenvalue weighted by Gasteiger charge is -2.28. The standard InChI is InChI=1S/C24H41N7O3S/c1-6-8-30(10-11-31(9-7-2)17-23(33)34)16-22(32)25-15-19-12-20(24-28-26-18-27-29-24)14-21(13-19)35(3,4)5/h12-14,18H,6-11,15-17H2,1-5H3,(H,25,32)(H,26,27)(H,28,29)(H,33,34). The van der Waals surface area contributed by atoms with Crippen molar-refractivity contribution in [3.63, 3.8) is 0 Å². The lowest BCUT2D eigenvalue weighted by molar-refractivity contribution is -0.138. The Hall–Kier alpha value is -2.63. The van der Waals surface area contributed by atoms with Crippen LogP contribution in [0.15, 0.2) is 33.3 Å².